The second kappa shape index (κ2) is 6.59. The maximum atomic E-state index is 12.5. The van der Waals surface area contributed by atoms with Crippen molar-refractivity contribution in [1.82, 2.24) is 14.3 Å². The Balaban J connectivity index is 1.46. The molecule has 4 rings (SSSR count). The van der Waals surface area contributed by atoms with Crippen LogP contribution in [0.25, 0.3) is 22.0 Å². The summed E-state index contributed by atoms with van der Waals surface area (Å²) in [5.41, 5.74) is 2.53. The predicted octanol–water partition coefficient (Wildman–Crippen LogP) is 3.46. The fourth-order valence-corrected chi connectivity index (χ4v) is 4.22. The summed E-state index contributed by atoms with van der Waals surface area (Å²) in [5.74, 6) is 0.570. The summed E-state index contributed by atoms with van der Waals surface area (Å²) in [6.07, 6.45) is 1.67. The van der Waals surface area contributed by atoms with E-state index in [4.69, 9.17) is 4.42 Å². The zero-order valence-corrected chi connectivity index (χ0v) is 15.1. The van der Waals surface area contributed by atoms with Crippen LogP contribution in [0.4, 0.5) is 0 Å². The lowest BCUT2D eigenvalue weighted by Crippen LogP contribution is -2.30. The smallest absolute Gasteiger partial charge is 0.214 e. The van der Waals surface area contributed by atoms with E-state index in [1.807, 2.05) is 59.2 Å². The highest BCUT2D eigenvalue weighted by molar-refractivity contribution is 7.89. The van der Waals surface area contributed by atoms with Crippen LogP contribution in [-0.4, -0.2) is 23.7 Å². The quantitative estimate of drug-likeness (QED) is 0.565. The summed E-state index contributed by atoms with van der Waals surface area (Å²) in [6.45, 7) is 2.12. The molecule has 1 N–H and O–H groups in total. The Kier molecular flexibility index (Phi) is 4.26. The summed E-state index contributed by atoms with van der Waals surface area (Å²) in [7, 11) is -3.47. The fraction of sp³-hybridized carbons (Fsp3) is 0.211. The number of sulfonamides is 1. The summed E-state index contributed by atoms with van der Waals surface area (Å²) < 4.78 is 35.2. The molecule has 2 aromatic carbocycles. The second-order valence-electron chi connectivity index (χ2n) is 6.27. The largest absolute Gasteiger partial charge is 0.459 e. The van der Waals surface area contributed by atoms with Gasteiger partial charge in [0.05, 0.1) is 29.2 Å². The molecular formula is C19H19N3O3S. The molecule has 0 unspecified atom stereocenters. The van der Waals surface area contributed by atoms with Crippen molar-refractivity contribution in [3.63, 3.8) is 0 Å². The Bertz CT molecular complexity index is 1130. The van der Waals surface area contributed by atoms with E-state index in [0.29, 0.717) is 12.3 Å². The van der Waals surface area contributed by atoms with Crippen LogP contribution in [0.1, 0.15) is 18.7 Å². The molecule has 26 heavy (non-hydrogen) atoms. The number of nitrogens with one attached hydrogen (secondary N) is 1. The first-order valence-electron chi connectivity index (χ1n) is 8.40. The number of nitrogens with zero attached hydrogens (tertiary/aromatic N) is 2. The molecular weight excluding hydrogens is 350 g/mol. The van der Waals surface area contributed by atoms with Gasteiger partial charge in [0.1, 0.15) is 11.3 Å². The first-order chi connectivity index (χ1) is 12.5. The van der Waals surface area contributed by atoms with Gasteiger partial charge in [-0.2, -0.15) is 0 Å². The number of benzene rings is 2. The summed E-state index contributed by atoms with van der Waals surface area (Å²) >= 11 is 0. The number of rotatable bonds is 6. The van der Waals surface area contributed by atoms with Gasteiger partial charge in [-0.3, -0.25) is 0 Å². The van der Waals surface area contributed by atoms with E-state index in [2.05, 4.69) is 9.71 Å². The van der Waals surface area contributed by atoms with Crippen molar-refractivity contribution in [3.05, 3.63) is 66.7 Å². The Hall–Kier alpha value is -2.64. The maximum Gasteiger partial charge on any atom is 0.214 e. The van der Waals surface area contributed by atoms with Crippen LogP contribution >= 0.6 is 0 Å². The second-order valence-corrected chi connectivity index (χ2v) is 8.15. The van der Waals surface area contributed by atoms with Gasteiger partial charge in [-0.05, 0) is 31.2 Å². The molecule has 0 fully saturated rings. The topological polar surface area (TPSA) is 77.1 Å². The molecule has 0 saturated heterocycles. The van der Waals surface area contributed by atoms with Gasteiger partial charge in [-0.25, -0.2) is 18.1 Å². The molecule has 2 aromatic heterocycles. The lowest BCUT2D eigenvalue weighted by Gasteiger charge is -2.12. The third-order valence-corrected chi connectivity index (χ3v) is 5.79. The first-order valence-corrected chi connectivity index (χ1v) is 10.1. The van der Waals surface area contributed by atoms with Gasteiger partial charge in [0, 0.05) is 11.9 Å². The Labute approximate surface area is 151 Å². The van der Waals surface area contributed by atoms with Crippen molar-refractivity contribution >= 4 is 32.0 Å². The van der Waals surface area contributed by atoms with Crippen LogP contribution in [-0.2, 0) is 16.6 Å². The minimum Gasteiger partial charge on any atom is -0.459 e. The number of hydrogen-bond donors (Lipinski definition) is 1. The molecule has 0 spiro atoms. The molecule has 0 aliphatic heterocycles. The van der Waals surface area contributed by atoms with Crippen molar-refractivity contribution in [2.24, 2.45) is 0 Å². The zero-order chi connectivity index (χ0) is 18.1. The molecule has 0 amide bonds. The van der Waals surface area contributed by atoms with Crippen LogP contribution in [0.2, 0.25) is 0 Å². The van der Waals surface area contributed by atoms with E-state index in [9.17, 15) is 8.42 Å². The van der Waals surface area contributed by atoms with Crippen molar-refractivity contribution in [2.45, 2.75) is 19.5 Å². The highest BCUT2D eigenvalue weighted by Crippen LogP contribution is 2.24. The average molecular weight is 369 g/mol. The van der Waals surface area contributed by atoms with Crippen molar-refractivity contribution in [1.29, 1.82) is 0 Å². The molecule has 6 nitrogen and oxygen atoms in total. The molecule has 0 bridgehead atoms. The van der Waals surface area contributed by atoms with Crippen molar-refractivity contribution in [2.75, 3.05) is 5.75 Å². The number of para-hydroxylation sites is 3. The molecule has 1 atom stereocenters. The van der Waals surface area contributed by atoms with Gasteiger partial charge in [-0.1, -0.05) is 30.3 Å². The summed E-state index contributed by atoms with van der Waals surface area (Å²) in [4.78, 5) is 4.28. The van der Waals surface area contributed by atoms with Gasteiger partial charge in [0.15, 0.2) is 0 Å². The molecule has 134 valence electrons. The van der Waals surface area contributed by atoms with Crippen molar-refractivity contribution in [3.8, 4) is 0 Å². The summed E-state index contributed by atoms with van der Waals surface area (Å²) in [5, 5.41) is 0.957. The number of hydrogen-bond acceptors (Lipinski definition) is 4. The van der Waals surface area contributed by atoms with Crippen LogP contribution in [0.3, 0.4) is 0 Å². The fourth-order valence-electron chi connectivity index (χ4n) is 3.01. The number of imidazole rings is 1. The normalized spacial score (nSPS) is 13.4. The third kappa shape index (κ3) is 3.36. The SMILES string of the molecule is C[C@@H](NS(=O)(=O)CCn1cnc2ccccc21)c1cc2ccccc2o1. The summed E-state index contributed by atoms with van der Waals surface area (Å²) in [6, 6.07) is 16.7. The maximum absolute atomic E-state index is 12.5. The predicted molar refractivity (Wildman–Crippen MR) is 101 cm³/mol. The Morgan fingerprint density at radius 1 is 1.15 bits per heavy atom. The van der Waals surface area contributed by atoms with Gasteiger partial charge < -0.3 is 8.98 Å². The zero-order valence-electron chi connectivity index (χ0n) is 14.3. The number of aromatic nitrogens is 2. The van der Waals surface area contributed by atoms with Crippen molar-refractivity contribution < 1.29 is 12.8 Å². The highest BCUT2D eigenvalue weighted by atomic mass is 32.2. The van der Waals surface area contributed by atoms with Gasteiger partial charge in [0.25, 0.3) is 0 Å². The third-order valence-electron chi connectivity index (χ3n) is 4.36. The van der Waals surface area contributed by atoms with Gasteiger partial charge in [-0.15, -0.1) is 0 Å². The van der Waals surface area contributed by atoms with Crippen LogP contribution in [0.15, 0.2) is 65.3 Å². The molecule has 0 aliphatic rings. The van der Waals surface area contributed by atoms with Gasteiger partial charge in [0.2, 0.25) is 10.0 Å². The molecule has 0 aliphatic carbocycles. The van der Waals surface area contributed by atoms with Crippen LogP contribution in [0, 0.1) is 0 Å². The van der Waals surface area contributed by atoms with Gasteiger partial charge >= 0.3 is 0 Å². The lowest BCUT2D eigenvalue weighted by molar-refractivity contribution is 0.483. The minimum atomic E-state index is -3.47. The van der Waals surface area contributed by atoms with E-state index in [-0.39, 0.29) is 5.75 Å². The number of furan rings is 1. The van der Waals surface area contributed by atoms with Crippen LogP contribution in [0.5, 0.6) is 0 Å². The average Bonchev–Trinajstić information content (AvgIpc) is 3.24. The standard InChI is InChI=1S/C19H19N3O3S/c1-14(19-12-15-6-2-5-9-18(15)25-19)21-26(23,24)11-10-22-13-20-16-7-3-4-8-17(16)22/h2-9,12-14,21H,10-11H2,1H3/t14-/m1/s1. The number of fused-ring (bicyclic) bond motifs is 2. The first kappa shape index (κ1) is 16.8. The monoisotopic (exact) mass is 369 g/mol. The highest BCUT2D eigenvalue weighted by Gasteiger charge is 2.19. The molecule has 7 heteroatoms. The van der Waals surface area contributed by atoms with E-state index < -0.39 is 16.1 Å². The van der Waals surface area contributed by atoms with E-state index in [0.717, 1.165) is 22.0 Å². The molecule has 2 heterocycles. The molecule has 4 aromatic rings. The molecule has 0 radical (unpaired) electrons. The van der Waals surface area contributed by atoms with Crippen LogP contribution < -0.4 is 4.72 Å². The van der Waals surface area contributed by atoms with E-state index in [1.54, 1.807) is 13.3 Å². The lowest BCUT2D eigenvalue weighted by atomic mass is 10.2. The minimum absolute atomic E-state index is 0.0298. The Morgan fingerprint density at radius 2 is 1.92 bits per heavy atom. The number of aryl methyl sites for hydroxylation is 1. The van der Waals surface area contributed by atoms with E-state index in [1.165, 1.54) is 0 Å². The molecule has 0 saturated carbocycles. The van der Waals surface area contributed by atoms with E-state index >= 15 is 0 Å². The Morgan fingerprint density at radius 3 is 2.77 bits per heavy atom.